The van der Waals surface area contributed by atoms with Gasteiger partial charge in [0.1, 0.15) is 18.6 Å². The minimum atomic E-state index is -1.07. The van der Waals surface area contributed by atoms with Crippen molar-refractivity contribution >= 4 is 6.03 Å². The van der Waals surface area contributed by atoms with Crippen molar-refractivity contribution < 1.29 is 18.3 Å². The van der Waals surface area contributed by atoms with Crippen LogP contribution < -0.4 is 15.4 Å². The summed E-state index contributed by atoms with van der Waals surface area (Å²) in [6.07, 6.45) is 1.99. The lowest BCUT2D eigenvalue weighted by atomic mass is 9.79. The summed E-state index contributed by atoms with van der Waals surface area (Å²) in [5.74, 6) is 0.238. The quantitative estimate of drug-likeness (QED) is 0.846. The van der Waals surface area contributed by atoms with E-state index in [2.05, 4.69) is 15.6 Å². The van der Waals surface area contributed by atoms with E-state index in [0.717, 1.165) is 11.1 Å². The Morgan fingerprint density at radius 2 is 2.26 bits per heavy atom. The molecule has 3 aliphatic carbocycles. The van der Waals surface area contributed by atoms with Gasteiger partial charge >= 0.3 is 6.03 Å². The average molecular weight is 323 g/mol. The molecule has 5 nitrogen and oxygen atoms in total. The Labute approximate surface area is 133 Å². The predicted molar refractivity (Wildman–Crippen MR) is 80.4 cm³/mol. The SMILES string of the molecule is CC(F)COc1cc(CNC(=O)NC23CC(F)=C(C2)C3)ccn1. The molecule has 1 atom stereocenters. The largest absolute Gasteiger partial charge is 0.475 e. The number of nitrogens with zero attached hydrogens (tertiary/aromatic N) is 1. The average Bonchev–Trinajstić information content (AvgIpc) is 2.95. The molecule has 0 saturated heterocycles. The van der Waals surface area contributed by atoms with E-state index in [1.54, 1.807) is 18.3 Å². The second kappa shape index (κ2) is 6.14. The van der Waals surface area contributed by atoms with Gasteiger partial charge < -0.3 is 15.4 Å². The summed E-state index contributed by atoms with van der Waals surface area (Å²) in [5, 5.41) is 5.58. The molecule has 1 unspecified atom stereocenters. The van der Waals surface area contributed by atoms with Gasteiger partial charge in [-0.2, -0.15) is 0 Å². The first-order chi connectivity index (χ1) is 11.0. The Balaban J connectivity index is 1.47. The van der Waals surface area contributed by atoms with Gasteiger partial charge in [-0.3, -0.25) is 0 Å². The fourth-order valence-electron chi connectivity index (χ4n) is 2.94. The first kappa shape index (κ1) is 15.7. The van der Waals surface area contributed by atoms with Crippen molar-refractivity contribution in [3.8, 4) is 5.88 Å². The third-order valence-electron chi connectivity index (χ3n) is 4.07. The Kier molecular flexibility index (Phi) is 4.19. The molecule has 0 radical (unpaired) electrons. The van der Waals surface area contributed by atoms with Crippen molar-refractivity contribution in [2.45, 2.75) is 44.4 Å². The topological polar surface area (TPSA) is 63.2 Å². The molecule has 3 aliphatic rings. The number of hydrogen-bond acceptors (Lipinski definition) is 3. The summed E-state index contributed by atoms with van der Waals surface area (Å²) in [5.41, 5.74) is 1.19. The maximum Gasteiger partial charge on any atom is 0.315 e. The number of halogens is 2. The minimum Gasteiger partial charge on any atom is -0.475 e. The van der Waals surface area contributed by atoms with Gasteiger partial charge in [0.2, 0.25) is 5.88 Å². The summed E-state index contributed by atoms with van der Waals surface area (Å²) in [6, 6.07) is 3.07. The lowest BCUT2D eigenvalue weighted by Crippen LogP contribution is -2.54. The molecule has 4 rings (SSSR count). The van der Waals surface area contributed by atoms with Crippen LogP contribution in [0.5, 0.6) is 5.88 Å². The third-order valence-corrected chi connectivity index (χ3v) is 4.07. The van der Waals surface area contributed by atoms with Gasteiger partial charge in [-0.05, 0) is 37.0 Å². The van der Waals surface area contributed by atoms with Crippen molar-refractivity contribution in [2.24, 2.45) is 0 Å². The highest BCUT2D eigenvalue weighted by atomic mass is 19.1. The van der Waals surface area contributed by atoms with E-state index in [-0.39, 0.29) is 25.0 Å². The number of hydrogen-bond donors (Lipinski definition) is 2. The van der Waals surface area contributed by atoms with Gasteiger partial charge in [-0.25, -0.2) is 18.6 Å². The van der Waals surface area contributed by atoms with E-state index >= 15 is 0 Å². The molecule has 1 saturated carbocycles. The lowest BCUT2D eigenvalue weighted by Gasteiger charge is -2.37. The van der Waals surface area contributed by atoms with Crippen molar-refractivity contribution in [2.75, 3.05) is 6.61 Å². The zero-order valence-electron chi connectivity index (χ0n) is 12.9. The van der Waals surface area contributed by atoms with Crippen LogP contribution in [0.4, 0.5) is 13.6 Å². The van der Waals surface area contributed by atoms with Crippen LogP contribution in [0.2, 0.25) is 0 Å². The number of alkyl halides is 1. The van der Waals surface area contributed by atoms with E-state index in [4.69, 9.17) is 4.74 Å². The van der Waals surface area contributed by atoms with Crippen LogP contribution in [-0.4, -0.2) is 29.3 Å². The van der Waals surface area contributed by atoms with Gasteiger partial charge in [0, 0.05) is 25.2 Å². The zero-order chi connectivity index (χ0) is 16.4. The van der Waals surface area contributed by atoms with Crippen molar-refractivity contribution in [3.63, 3.8) is 0 Å². The van der Waals surface area contributed by atoms with Gasteiger partial charge in [0.25, 0.3) is 0 Å². The van der Waals surface area contributed by atoms with Gasteiger partial charge in [-0.1, -0.05) is 0 Å². The molecule has 1 fully saturated rings. The van der Waals surface area contributed by atoms with E-state index in [0.29, 0.717) is 25.1 Å². The molecule has 23 heavy (non-hydrogen) atoms. The molecular formula is C16H19F2N3O2. The number of fused-ring (bicyclic) bond motifs is 1. The minimum absolute atomic E-state index is 0.0617. The number of aromatic nitrogens is 1. The van der Waals surface area contributed by atoms with Crippen molar-refractivity contribution in [3.05, 3.63) is 35.3 Å². The Morgan fingerprint density at radius 1 is 1.48 bits per heavy atom. The van der Waals surface area contributed by atoms with Crippen LogP contribution in [0.25, 0.3) is 0 Å². The lowest BCUT2D eigenvalue weighted by molar-refractivity contribution is 0.203. The van der Waals surface area contributed by atoms with Gasteiger partial charge in [-0.15, -0.1) is 0 Å². The Morgan fingerprint density at radius 3 is 2.91 bits per heavy atom. The smallest absolute Gasteiger partial charge is 0.315 e. The molecular weight excluding hydrogens is 304 g/mol. The van der Waals surface area contributed by atoms with Gasteiger partial charge in [0.15, 0.2) is 0 Å². The molecule has 1 aromatic heterocycles. The number of rotatable bonds is 6. The molecule has 0 spiro atoms. The van der Waals surface area contributed by atoms with Crippen LogP contribution in [-0.2, 0) is 6.54 Å². The number of amides is 2. The van der Waals surface area contributed by atoms with Crippen molar-refractivity contribution in [1.29, 1.82) is 0 Å². The maximum absolute atomic E-state index is 13.3. The fourth-order valence-corrected chi connectivity index (χ4v) is 2.94. The van der Waals surface area contributed by atoms with Crippen LogP contribution in [0.1, 0.15) is 31.7 Å². The molecule has 2 amide bonds. The van der Waals surface area contributed by atoms with Crippen LogP contribution >= 0.6 is 0 Å². The highest BCUT2D eigenvalue weighted by Crippen LogP contribution is 2.51. The molecule has 1 aromatic rings. The van der Waals surface area contributed by atoms with Crippen molar-refractivity contribution in [1.82, 2.24) is 15.6 Å². The predicted octanol–water partition coefficient (Wildman–Crippen LogP) is 2.78. The summed E-state index contributed by atoms with van der Waals surface area (Å²) in [7, 11) is 0. The molecule has 1 heterocycles. The third kappa shape index (κ3) is 3.60. The van der Waals surface area contributed by atoms with Crippen LogP contribution in [0.15, 0.2) is 29.7 Å². The number of carbonyl (C=O) groups excluding carboxylic acids is 1. The van der Waals surface area contributed by atoms with Crippen LogP contribution in [0.3, 0.4) is 0 Å². The number of nitrogens with one attached hydrogen (secondary N) is 2. The highest BCUT2D eigenvalue weighted by molar-refractivity contribution is 5.75. The molecule has 124 valence electrons. The second-order valence-electron chi connectivity index (χ2n) is 6.22. The van der Waals surface area contributed by atoms with E-state index < -0.39 is 11.7 Å². The first-order valence-electron chi connectivity index (χ1n) is 7.60. The summed E-state index contributed by atoms with van der Waals surface area (Å²) in [4.78, 5) is 15.9. The summed E-state index contributed by atoms with van der Waals surface area (Å²) < 4.78 is 31.3. The summed E-state index contributed by atoms with van der Waals surface area (Å²) in [6.45, 7) is 1.63. The zero-order valence-corrected chi connectivity index (χ0v) is 12.9. The molecule has 7 heteroatoms. The summed E-state index contributed by atoms with van der Waals surface area (Å²) >= 11 is 0. The van der Waals surface area contributed by atoms with Crippen LogP contribution in [0, 0.1) is 0 Å². The number of urea groups is 1. The number of pyridine rings is 1. The monoisotopic (exact) mass is 323 g/mol. The highest BCUT2D eigenvalue weighted by Gasteiger charge is 2.50. The van der Waals surface area contributed by atoms with E-state index in [9.17, 15) is 13.6 Å². The standard InChI is InChI=1S/C16H19F2N3O2/c1-10(17)9-23-14-4-11(2-3-19-14)8-20-15(22)21-16-5-12(6-16)13(18)7-16/h2-4,10H,5-9H2,1H3,(H2,20,21,22). The normalized spacial score (nSPS) is 19.1. The number of carbonyl (C=O) groups is 1. The first-order valence-corrected chi connectivity index (χ1v) is 7.60. The van der Waals surface area contributed by atoms with Gasteiger partial charge in [0.05, 0.1) is 5.54 Å². The van der Waals surface area contributed by atoms with E-state index in [1.165, 1.54) is 6.92 Å². The molecule has 0 aliphatic heterocycles. The molecule has 2 bridgehead atoms. The second-order valence-corrected chi connectivity index (χ2v) is 6.22. The Hall–Kier alpha value is -2.18. The molecule has 2 N–H and O–H groups in total. The Bertz CT molecular complexity index is 638. The molecule has 0 aromatic carbocycles. The maximum atomic E-state index is 13.3. The van der Waals surface area contributed by atoms with E-state index in [1.807, 2.05) is 0 Å². The number of ether oxygens (including phenoxy) is 1. The fraction of sp³-hybridized carbons (Fsp3) is 0.500.